The average molecular weight is 554 g/mol. The van der Waals surface area contributed by atoms with Crippen LogP contribution in [0.4, 0.5) is 10.5 Å². The highest BCUT2D eigenvalue weighted by Crippen LogP contribution is 2.51. The molecule has 1 N–H and O–H groups in total. The van der Waals surface area contributed by atoms with E-state index < -0.39 is 5.54 Å². The van der Waals surface area contributed by atoms with Gasteiger partial charge in [0, 0.05) is 23.4 Å². The van der Waals surface area contributed by atoms with Crippen molar-refractivity contribution in [1.82, 2.24) is 9.88 Å². The zero-order valence-electron chi connectivity index (χ0n) is 23.9. The van der Waals surface area contributed by atoms with E-state index in [1.165, 1.54) is 4.90 Å². The fourth-order valence-corrected chi connectivity index (χ4v) is 6.16. The van der Waals surface area contributed by atoms with E-state index in [1.54, 1.807) is 17.0 Å². The Morgan fingerprint density at radius 2 is 1.61 bits per heavy atom. The van der Waals surface area contributed by atoms with E-state index >= 15 is 0 Å². The maximum absolute atomic E-state index is 14.3. The smallest absolute Gasteiger partial charge is 0.332 e. The van der Waals surface area contributed by atoms with E-state index in [2.05, 4.69) is 18.0 Å². The number of imide groups is 1. The van der Waals surface area contributed by atoms with Crippen molar-refractivity contribution in [2.24, 2.45) is 0 Å². The van der Waals surface area contributed by atoms with Crippen molar-refractivity contribution in [3.63, 3.8) is 0 Å². The Hall–Kier alpha value is -4.46. The SMILES string of the molecule is CCCOc1ccc([C@H]2CN3C(=O)N(c4ccccc4OCC)C(=O)[C@]3(C)c3[nH]c4ccccc4c32)cc1OCC. The van der Waals surface area contributed by atoms with E-state index in [0.717, 1.165) is 34.1 Å². The summed E-state index contributed by atoms with van der Waals surface area (Å²) < 4.78 is 17.8. The van der Waals surface area contributed by atoms with Crippen molar-refractivity contribution < 1.29 is 23.8 Å². The number of urea groups is 1. The maximum atomic E-state index is 14.3. The van der Waals surface area contributed by atoms with Crippen LogP contribution >= 0.6 is 0 Å². The number of nitrogens with one attached hydrogen (secondary N) is 1. The first-order chi connectivity index (χ1) is 19.9. The lowest BCUT2D eigenvalue weighted by atomic mass is 9.78. The molecule has 1 fully saturated rings. The number of H-pyrrole nitrogens is 1. The molecule has 0 unspecified atom stereocenters. The number of anilines is 1. The summed E-state index contributed by atoms with van der Waals surface area (Å²) in [6.07, 6.45) is 0.890. The number of hydrogen-bond acceptors (Lipinski definition) is 5. The zero-order valence-corrected chi connectivity index (χ0v) is 23.9. The van der Waals surface area contributed by atoms with Crippen molar-refractivity contribution in [2.45, 2.75) is 45.6 Å². The zero-order chi connectivity index (χ0) is 28.7. The fraction of sp³-hybridized carbons (Fsp3) is 0.333. The van der Waals surface area contributed by atoms with Gasteiger partial charge < -0.3 is 24.1 Å². The number of nitrogens with zero attached hydrogens (tertiary/aromatic N) is 2. The van der Waals surface area contributed by atoms with E-state index in [-0.39, 0.29) is 17.9 Å². The summed E-state index contributed by atoms with van der Waals surface area (Å²) in [4.78, 5) is 35.0. The van der Waals surface area contributed by atoms with E-state index in [0.29, 0.717) is 49.3 Å². The third kappa shape index (κ3) is 4.12. The van der Waals surface area contributed by atoms with Crippen molar-refractivity contribution in [2.75, 3.05) is 31.3 Å². The predicted octanol–water partition coefficient (Wildman–Crippen LogP) is 6.58. The number of ether oxygens (including phenoxy) is 3. The molecule has 1 aromatic heterocycles. The highest BCUT2D eigenvalue weighted by Gasteiger charge is 2.61. The van der Waals surface area contributed by atoms with E-state index in [9.17, 15) is 9.59 Å². The van der Waals surface area contributed by atoms with Gasteiger partial charge in [-0.05, 0) is 68.7 Å². The monoisotopic (exact) mass is 553 g/mol. The van der Waals surface area contributed by atoms with Gasteiger partial charge in [-0.1, -0.05) is 43.3 Å². The Morgan fingerprint density at radius 1 is 0.878 bits per heavy atom. The lowest BCUT2D eigenvalue weighted by Gasteiger charge is -2.40. The van der Waals surface area contributed by atoms with E-state index in [4.69, 9.17) is 14.2 Å². The number of para-hydroxylation sites is 3. The summed E-state index contributed by atoms with van der Waals surface area (Å²) >= 11 is 0. The molecule has 4 aromatic rings. The topological polar surface area (TPSA) is 84.1 Å². The molecule has 2 aliphatic heterocycles. The van der Waals surface area contributed by atoms with Crippen LogP contribution in [0.3, 0.4) is 0 Å². The van der Waals surface area contributed by atoms with Gasteiger partial charge in [0.2, 0.25) is 0 Å². The summed E-state index contributed by atoms with van der Waals surface area (Å²) in [6, 6.07) is 20.9. The molecule has 1 saturated heterocycles. The van der Waals surface area contributed by atoms with Gasteiger partial charge in [-0.2, -0.15) is 0 Å². The number of amides is 3. The van der Waals surface area contributed by atoms with Crippen molar-refractivity contribution in [3.8, 4) is 17.2 Å². The molecule has 8 nitrogen and oxygen atoms in total. The summed E-state index contributed by atoms with van der Waals surface area (Å²) in [6.45, 7) is 9.57. The Balaban J connectivity index is 1.52. The van der Waals surface area contributed by atoms with Crippen molar-refractivity contribution in [1.29, 1.82) is 0 Å². The molecule has 3 heterocycles. The van der Waals surface area contributed by atoms with Gasteiger partial charge >= 0.3 is 6.03 Å². The Morgan fingerprint density at radius 3 is 2.39 bits per heavy atom. The van der Waals surface area contributed by atoms with Crippen LogP contribution in [-0.2, 0) is 10.3 Å². The Bertz CT molecular complexity index is 1630. The first kappa shape index (κ1) is 26.7. The number of carbonyl (C=O) groups excluding carboxylic acids is 2. The summed E-state index contributed by atoms with van der Waals surface area (Å²) in [5, 5.41) is 1.03. The molecule has 6 rings (SSSR count). The third-order valence-corrected chi connectivity index (χ3v) is 8.07. The summed E-state index contributed by atoms with van der Waals surface area (Å²) in [5.41, 5.74) is 2.89. The molecule has 41 heavy (non-hydrogen) atoms. The molecule has 8 heteroatoms. The van der Waals surface area contributed by atoms with Crippen molar-refractivity contribution in [3.05, 3.63) is 83.6 Å². The number of benzene rings is 3. The molecule has 212 valence electrons. The van der Waals surface area contributed by atoms with Gasteiger partial charge in [0.1, 0.15) is 5.75 Å². The lowest BCUT2D eigenvalue weighted by Crippen LogP contribution is -2.50. The second-order valence-electron chi connectivity index (χ2n) is 10.5. The van der Waals surface area contributed by atoms with Gasteiger partial charge in [-0.3, -0.25) is 4.79 Å². The fourth-order valence-electron chi connectivity index (χ4n) is 6.16. The summed E-state index contributed by atoms with van der Waals surface area (Å²) in [5.74, 6) is 1.36. The molecule has 0 spiro atoms. The minimum Gasteiger partial charge on any atom is -0.492 e. The molecule has 2 aliphatic rings. The molecular weight excluding hydrogens is 518 g/mol. The molecule has 3 amide bonds. The number of aromatic amines is 1. The average Bonchev–Trinajstić information content (AvgIpc) is 3.46. The van der Waals surface area contributed by atoms with Crippen LogP contribution in [-0.4, -0.2) is 48.2 Å². The van der Waals surface area contributed by atoms with Gasteiger partial charge in [0.05, 0.1) is 31.2 Å². The van der Waals surface area contributed by atoms with Gasteiger partial charge in [-0.25, -0.2) is 9.69 Å². The second-order valence-corrected chi connectivity index (χ2v) is 10.5. The van der Waals surface area contributed by atoms with Crippen LogP contribution in [0, 0.1) is 0 Å². The number of fused-ring (bicyclic) bond motifs is 5. The van der Waals surface area contributed by atoms with E-state index in [1.807, 2.05) is 69.3 Å². The van der Waals surface area contributed by atoms with Crippen LogP contribution in [0.25, 0.3) is 10.9 Å². The first-order valence-electron chi connectivity index (χ1n) is 14.3. The van der Waals surface area contributed by atoms with Crippen LogP contribution in [0.5, 0.6) is 17.2 Å². The minimum atomic E-state index is -1.21. The highest BCUT2D eigenvalue weighted by atomic mass is 16.5. The maximum Gasteiger partial charge on any atom is 0.332 e. The van der Waals surface area contributed by atoms with Gasteiger partial charge in [0.15, 0.2) is 17.0 Å². The van der Waals surface area contributed by atoms with Crippen LogP contribution in [0.2, 0.25) is 0 Å². The summed E-state index contributed by atoms with van der Waals surface area (Å²) in [7, 11) is 0. The first-order valence-corrected chi connectivity index (χ1v) is 14.3. The molecule has 0 radical (unpaired) electrons. The van der Waals surface area contributed by atoms with Gasteiger partial charge in [-0.15, -0.1) is 0 Å². The standard InChI is InChI=1S/C33H35N3O5/c1-5-18-41-27-17-16-21(19-28(27)40-7-3)23-20-35-32(38)36(25-14-10-11-15-26(25)39-6-2)31(37)33(35,4)30-29(23)22-12-8-9-13-24(22)34-30/h8-17,19,23,34H,5-7,18,20H2,1-4H3/t23-,33+/m1/s1. The van der Waals surface area contributed by atoms with Crippen LogP contribution < -0.4 is 19.1 Å². The Labute approximate surface area is 239 Å². The van der Waals surface area contributed by atoms with Crippen LogP contribution in [0.15, 0.2) is 66.7 Å². The molecule has 0 bridgehead atoms. The second kappa shape index (κ2) is 10.5. The van der Waals surface area contributed by atoms with Crippen LogP contribution in [0.1, 0.15) is 56.9 Å². The molecule has 0 saturated carbocycles. The lowest BCUT2D eigenvalue weighted by molar-refractivity contribution is -0.125. The number of hydrogen-bond donors (Lipinski definition) is 1. The predicted molar refractivity (Wildman–Crippen MR) is 158 cm³/mol. The third-order valence-electron chi connectivity index (χ3n) is 8.07. The minimum absolute atomic E-state index is 0.201. The molecule has 0 aliphatic carbocycles. The highest BCUT2D eigenvalue weighted by molar-refractivity contribution is 6.24. The Kier molecular flexibility index (Phi) is 6.85. The van der Waals surface area contributed by atoms with Crippen molar-refractivity contribution >= 4 is 28.5 Å². The molecular formula is C33H35N3O5. The number of carbonyl (C=O) groups is 2. The number of aromatic nitrogens is 1. The quantitative estimate of drug-likeness (QED) is 0.237. The normalized spacial score (nSPS) is 19.9. The molecule has 2 atom stereocenters. The van der Waals surface area contributed by atoms with Gasteiger partial charge in [0.25, 0.3) is 5.91 Å². The number of rotatable bonds is 9. The molecule has 3 aromatic carbocycles. The largest absolute Gasteiger partial charge is 0.492 e.